The van der Waals surface area contributed by atoms with Gasteiger partial charge in [0.1, 0.15) is 0 Å². The summed E-state index contributed by atoms with van der Waals surface area (Å²) in [5.74, 6) is -0.397. The Morgan fingerprint density at radius 1 is 1.08 bits per heavy atom. The number of amides is 2. The predicted molar refractivity (Wildman–Crippen MR) is 51.5 cm³/mol. The Kier molecular flexibility index (Phi) is 1.89. The maximum absolute atomic E-state index is 11.5. The minimum atomic E-state index is -0.199. The Labute approximate surface area is 77.9 Å². The molecule has 1 aromatic rings. The highest BCUT2D eigenvalue weighted by Crippen LogP contribution is 2.22. The Bertz CT molecular complexity index is 354. The lowest BCUT2D eigenvalue weighted by Crippen LogP contribution is -2.27. The molecule has 1 atom stereocenters. The fourth-order valence-electron chi connectivity index (χ4n) is 1.40. The molecule has 2 amide bonds. The van der Waals surface area contributed by atoms with E-state index in [1.54, 1.807) is 24.3 Å². The van der Waals surface area contributed by atoms with E-state index in [2.05, 4.69) is 9.24 Å². The number of hydrogen-bond acceptors (Lipinski definition) is 2. The van der Waals surface area contributed by atoms with Crippen molar-refractivity contribution in [1.82, 2.24) is 4.90 Å². The zero-order valence-electron chi connectivity index (χ0n) is 6.86. The molecule has 1 aliphatic rings. The maximum Gasteiger partial charge on any atom is 0.261 e. The van der Waals surface area contributed by atoms with Crippen molar-refractivity contribution < 1.29 is 9.59 Å². The summed E-state index contributed by atoms with van der Waals surface area (Å²) in [4.78, 5) is 24.3. The van der Waals surface area contributed by atoms with E-state index in [1.807, 2.05) is 0 Å². The van der Waals surface area contributed by atoms with Crippen molar-refractivity contribution >= 4 is 21.1 Å². The molecule has 1 unspecified atom stereocenters. The van der Waals surface area contributed by atoms with Crippen LogP contribution in [0.25, 0.3) is 0 Å². The van der Waals surface area contributed by atoms with Crippen molar-refractivity contribution in [3.8, 4) is 0 Å². The van der Waals surface area contributed by atoms with Gasteiger partial charge in [0.2, 0.25) is 0 Å². The predicted octanol–water partition coefficient (Wildman–Crippen LogP) is 1.12. The van der Waals surface area contributed by atoms with Gasteiger partial charge in [-0.05, 0) is 12.1 Å². The lowest BCUT2D eigenvalue weighted by Gasteiger charge is -2.08. The number of fused-ring (bicyclic) bond motifs is 1. The summed E-state index contributed by atoms with van der Waals surface area (Å²) in [7, 11) is 2.37. The number of carbonyl (C=O) groups excluding carboxylic acids is 2. The molecule has 0 N–H and O–H groups in total. The van der Waals surface area contributed by atoms with Crippen LogP contribution in [0.1, 0.15) is 20.7 Å². The van der Waals surface area contributed by atoms with Crippen LogP contribution in [0.15, 0.2) is 24.3 Å². The van der Waals surface area contributed by atoms with E-state index in [1.165, 1.54) is 4.90 Å². The molecule has 0 radical (unpaired) electrons. The van der Waals surface area contributed by atoms with Crippen molar-refractivity contribution in [3.63, 3.8) is 0 Å². The number of rotatable bonds is 1. The van der Waals surface area contributed by atoms with Crippen LogP contribution in [0, 0.1) is 0 Å². The van der Waals surface area contributed by atoms with Gasteiger partial charge in [0.15, 0.2) is 0 Å². The first kappa shape index (κ1) is 8.39. The van der Waals surface area contributed by atoms with Crippen LogP contribution in [-0.2, 0) is 0 Å². The summed E-state index contributed by atoms with van der Waals surface area (Å²) in [6, 6.07) is 6.87. The summed E-state index contributed by atoms with van der Waals surface area (Å²) < 4.78 is 0. The van der Waals surface area contributed by atoms with Crippen LogP contribution >= 0.6 is 9.24 Å². The van der Waals surface area contributed by atoms with Gasteiger partial charge >= 0.3 is 0 Å². The molecule has 0 spiro atoms. The van der Waals surface area contributed by atoms with E-state index in [4.69, 9.17) is 0 Å². The highest BCUT2D eigenvalue weighted by Gasteiger charge is 2.33. The fourth-order valence-corrected chi connectivity index (χ4v) is 1.74. The van der Waals surface area contributed by atoms with Crippen LogP contribution in [0.3, 0.4) is 0 Å². The molecular formula is C9H8NO2P. The molecule has 0 bridgehead atoms. The molecule has 1 heterocycles. The van der Waals surface area contributed by atoms with E-state index in [9.17, 15) is 9.59 Å². The van der Waals surface area contributed by atoms with Crippen LogP contribution in [0.2, 0.25) is 0 Å². The normalized spacial score (nSPS) is 15.0. The van der Waals surface area contributed by atoms with E-state index in [-0.39, 0.29) is 11.8 Å². The highest BCUT2D eigenvalue weighted by molar-refractivity contribution is 7.16. The summed E-state index contributed by atoms with van der Waals surface area (Å²) in [6.45, 7) is 0. The highest BCUT2D eigenvalue weighted by atomic mass is 31.0. The zero-order valence-corrected chi connectivity index (χ0v) is 8.01. The SMILES string of the molecule is O=C1c2ccccc2C(=O)N1CP. The quantitative estimate of drug-likeness (QED) is 0.495. The molecule has 0 saturated heterocycles. The molecule has 0 fully saturated rings. The minimum absolute atomic E-state index is 0.199. The number of nitrogens with zero attached hydrogens (tertiary/aromatic N) is 1. The Morgan fingerprint density at radius 2 is 1.54 bits per heavy atom. The van der Waals surface area contributed by atoms with Gasteiger partial charge in [0, 0.05) is 6.29 Å². The zero-order chi connectivity index (χ0) is 9.42. The molecule has 0 aromatic heterocycles. The van der Waals surface area contributed by atoms with Crippen molar-refractivity contribution in [2.45, 2.75) is 0 Å². The lowest BCUT2D eigenvalue weighted by atomic mass is 10.1. The first-order chi connectivity index (χ1) is 6.25. The molecule has 66 valence electrons. The van der Waals surface area contributed by atoms with Gasteiger partial charge < -0.3 is 0 Å². The van der Waals surface area contributed by atoms with Gasteiger partial charge in [0.25, 0.3) is 11.8 Å². The monoisotopic (exact) mass is 193 g/mol. The van der Waals surface area contributed by atoms with Gasteiger partial charge in [0.05, 0.1) is 11.1 Å². The third-order valence-corrected chi connectivity index (χ3v) is 2.43. The summed E-state index contributed by atoms with van der Waals surface area (Å²) in [5.41, 5.74) is 1.02. The first-order valence-electron chi connectivity index (χ1n) is 3.91. The topological polar surface area (TPSA) is 37.4 Å². The molecule has 13 heavy (non-hydrogen) atoms. The Balaban J connectivity index is 2.57. The minimum Gasteiger partial charge on any atom is -0.271 e. The third-order valence-electron chi connectivity index (χ3n) is 2.06. The number of imide groups is 1. The van der Waals surface area contributed by atoms with Crippen LogP contribution < -0.4 is 0 Å². The van der Waals surface area contributed by atoms with Crippen molar-refractivity contribution in [1.29, 1.82) is 0 Å². The molecular weight excluding hydrogens is 185 g/mol. The summed E-state index contributed by atoms with van der Waals surface area (Å²) >= 11 is 0. The molecule has 3 nitrogen and oxygen atoms in total. The average Bonchev–Trinajstić information content (AvgIpc) is 2.41. The summed E-state index contributed by atoms with van der Waals surface area (Å²) in [6.07, 6.45) is 0.354. The lowest BCUT2D eigenvalue weighted by molar-refractivity contribution is 0.0684. The smallest absolute Gasteiger partial charge is 0.261 e. The van der Waals surface area contributed by atoms with E-state index in [0.717, 1.165) is 0 Å². The molecule has 0 aliphatic carbocycles. The van der Waals surface area contributed by atoms with Crippen molar-refractivity contribution in [3.05, 3.63) is 35.4 Å². The average molecular weight is 193 g/mol. The summed E-state index contributed by atoms with van der Waals surface area (Å²) in [5, 5.41) is 0. The van der Waals surface area contributed by atoms with E-state index >= 15 is 0 Å². The largest absolute Gasteiger partial charge is 0.271 e. The second-order valence-electron chi connectivity index (χ2n) is 2.77. The van der Waals surface area contributed by atoms with Crippen LogP contribution in [0.5, 0.6) is 0 Å². The number of carbonyl (C=O) groups is 2. The van der Waals surface area contributed by atoms with Gasteiger partial charge in [-0.1, -0.05) is 12.1 Å². The van der Waals surface area contributed by atoms with Gasteiger partial charge in [-0.2, -0.15) is 0 Å². The fraction of sp³-hybridized carbons (Fsp3) is 0.111. The van der Waals surface area contributed by atoms with Crippen LogP contribution in [-0.4, -0.2) is 23.0 Å². The molecule has 1 aromatic carbocycles. The Hall–Kier alpha value is -1.21. The first-order valence-corrected chi connectivity index (χ1v) is 4.72. The number of benzene rings is 1. The van der Waals surface area contributed by atoms with Gasteiger partial charge in [-0.15, -0.1) is 9.24 Å². The van der Waals surface area contributed by atoms with Crippen molar-refractivity contribution in [2.24, 2.45) is 0 Å². The Morgan fingerprint density at radius 3 is 1.92 bits per heavy atom. The van der Waals surface area contributed by atoms with Gasteiger partial charge in [-0.3, -0.25) is 14.5 Å². The van der Waals surface area contributed by atoms with Crippen LogP contribution in [0.4, 0.5) is 0 Å². The second-order valence-corrected chi connectivity index (χ2v) is 3.13. The van der Waals surface area contributed by atoms with Crippen molar-refractivity contribution in [2.75, 3.05) is 6.29 Å². The molecule has 4 heteroatoms. The van der Waals surface area contributed by atoms with Gasteiger partial charge in [-0.25, -0.2) is 0 Å². The second kappa shape index (κ2) is 2.93. The number of hydrogen-bond donors (Lipinski definition) is 0. The van der Waals surface area contributed by atoms with E-state index < -0.39 is 0 Å². The molecule has 0 saturated carbocycles. The van der Waals surface area contributed by atoms with E-state index in [0.29, 0.717) is 17.4 Å². The maximum atomic E-state index is 11.5. The third kappa shape index (κ3) is 1.08. The molecule has 2 rings (SSSR count). The standard InChI is InChI=1S/C9H8NO2P/c11-8-6-3-1-2-4-7(6)9(12)10(8)5-13/h1-4H,5,13H2. The molecule has 1 aliphatic heterocycles.